The SMILES string of the molecule is CCCOc1ccc(CNC(=NC)NCc2ncc(CC)s2)cn1. The molecule has 0 atom stereocenters. The van der Waals surface area contributed by atoms with Gasteiger partial charge in [0.05, 0.1) is 13.2 Å². The average molecular weight is 347 g/mol. The normalized spacial score (nSPS) is 11.4. The number of ether oxygens (including phenoxy) is 1. The van der Waals surface area contributed by atoms with Gasteiger partial charge in [0.2, 0.25) is 5.88 Å². The molecule has 0 spiro atoms. The van der Waals surface area contributed by atoms with Crippen molar-refractivity contribution in [1.82, 2.24) is 20.6 Å². The van der Waals surface area contributed by atoms with E-state index >= 15 is 0 Å². The van der Waals surface area contributed by atoms with Gasteiger partial charge in [0.1, 0.15) is 5.01 Å². The Kier molecular flexibility index (Phi) is 7.48. The monoisotopic (exact) mass is 347 g/mol. The number of nitrogens with zero attached hydrogens (tertiary/aromatic N) is 3. The molecule has 0 saturated heterocycles. The van der Waals surface area contributed by atoms with Crippen LogP contribution in [0.1, 0.15) is 35.7 Å². The lowest BCUT2D eigenvalue weighted by atomic mass is 10.3. The van der Waals surface area contributed by atoms with Gasteiger partial charge in [-0.2, -0.15) is 0 Å². The van der Waals surface area contributed by atoms with Crippen LogP contribution in [0.3, 0.4) is 0 Å². The van der Waals surface area contributed by atoms with E-state index in [1.165, 1.54) is 4.88 Å². The topological polar surface area (TPSA) is 71.4 Å². The number of pyridine rings is 1. The standard InChI is InChI=1S/C17H25N5OS/c1-4-8-23-15-7-6-13(9-19-15)10-21-17(18-3)22-12-16-20-11-14(5-2)24-16/h6-7,9,11H,4-5,8,10,12H2,1-3H3,(H2,18,21,22). The molecular formula is C17H25N5OS. The maximum Gasteiger partial charge on any atom is 0.213 e. The van der Waals surface area contributed by atoms with E-state index < -0.39 is 0 Å². The molecular weight excluding hydrogens is 322 g/mol. The third-order valence-corrected chi connectivity index (χ3v) is 4.43. The Hall–Kier alpha value is -2.15. The molecule has 6 nitrogen and oxygen atoms in total. The quantitative estimate of drug-likeness (QED) is 0.567. The summed E-state index contributed by atoms with van der Waals surface area (Å²) in [6.45, 7) is 6.23. The first-order valence-corrected chi connectivity index (χ1v) is 9.02. The highest BCUT2D eigenvalue weighted by Gasteiger charge is 2.03. The molecule has 7 heteroatoms. The minimum absolute atomic E-state index is 0.652. The molecule has 0 radical (unpaired) electrons. The zero-order chi connectivity index (χ0) is 17.2. The van der Waals surface area contributed by atoms with Gasteiger partial charge in [-0.3, -0.25) is 4.99 Å². The molecule has 2 heterocycles. The van der Waals surface area contributed by atoms with Crippen LogP contribution in [0.2, 0.25) is 0 Å². The number of aliphatic imine (C=N–C) groups is 1. The molecule has 0 aliphatic heterocycles. The van der Waals surface area contributed by atoms with E-state index in [4.69, 9.17) is 4.74 Å². The molecule has 0 unspecified atom stereocenters. The number of hydrogen-bond acceptors (Lipinski definition) is 5. The summed E-state index contributed by atoms with van der Waals surface area (Å²) in [5, 5.41) is 7.61. The zero-order valence-corrected chi connectivity index (χ0v) is 15.3. The van der Waals surface area contributed by atoms with Crippen LogP contribution in [-0.4, -0.2) is 29.6 Å². The van der Waals surface area contributed by atoms with Crippen LogP contribution in [0.5, 0.6) is 5.88 Å². The van der Waals surface area contributed by atoms with Gasteiger partial charge < -0.3 is 15.4 Å². The smallest absolute Gasteiger partial charge is 0.213 e. The minimum atomic E-state index is 0.652. The summed E-state index contributed by atoms with van der Waals surface area (Å²) >= 11 is 1.73. The molecule has 2 aromatic rings. The van der Waals surface area contributed by atoms with Crippen LogP contribution in [0.15, 0.2) is 29.5 Å². The fraction of sp³-hybridized carbons (Fsp3) is 0.471. The second-order valence-corrected chi connectivity index (χ2v) is 6.41. The van der Waals surface area contributed by atoms with Crippen LogP contribution >= 0.6 is 11.3 Å². The Labute approximate surface area is 147 Å². The third-order valence-electron chi connectivity index (χ3n) is 3.29. The fourth-order valence-electron chi connectivity index (χ4n) is 1.97. The molecule has 2 rings (SSSR count). The molecule has 0 aliphatic carbocycles. The van der Waals surface area contributed by atoms with Crippen LogP contribution in [0.4, 0.5) is 0 Å². The van der Waals surface area contributed by atoms with Crippen molar-refractivity contribution in [2.24, 2.45) is 4.99 Å². The average Bonchev–Trinajstić information content (AvgIpc) is 3.09. The molecule has 2 N–H and O–H groups in total. The van der Waals surface area contributed by atoms with E-state index in [-0.39, 0.29) is 0 Å². The molecule has 0 saturated carbocycles. The van der Waals surface area contributed by atoms with Gasteiger partial charge in [0.15, 0.2) is 5.96 Å². The summed E-state index contributed by atoms with van der Waals surface area (Å²) in [7, 11) is 1.76. The van der Waals surface area contributed by atoms with E-state index in [1.54, 1.807) is 18.4 Å². The van der Waals surface area contributed by atoms with Crippen molar-refractivity contribution in [3.05, 3.63) is 40.0 Å². The summed E-state index contributed by atoms with van der Waals surface area (Å²) in [6, 6.07) is 3.90. The fourth-order valence-corrected chi connectivity index (χ4v) is 2.77. The van der Waals surface area contributed by atoms with E-state index in [0.717, 1.165) is 29.4 Å². The maximum atomic E-state index is 5.48. The Bertz CT molecular complexity index is 639. The second-order valence-electron chi connectivity index (χ2n) is 5.21. The molecule has 130 valence electrons. The van der Waals surface area contributed by atoms with Gasteiger partial charge in [-0.05, 0) is 18.4 Å². The van der Waals surface area contributed by atoms with E-state index in [2.05, 4.69) is 39.4 Å². The number of rotatable bonds is 8. The number of aryl methyl sites for hydroxylation is 1. The molecule has 2 aromatic heterocycles. The second kappa shape index (κ2) is 9.87. The highest BCUT2D eigenvalue weighted by molar-refractivity contribution is 7.11. The lowest BCUT2D eigenvalue weighted by Crippen LogP contribution is -2.36. The highest BCUT2D eigenvalue weighted by atomic mass is 32.1. The first kappa shape index (κ1) is 18.2. The zero-order valence-electron chi connectivity index (χ0n) is 14.5. The lowest BCUT2D eigenvalue weighted by molar-refractivity contribution is 0.305. The van der Waals surface area contributed by atoms with Crippen LogP contribution in [-0.2, 0) is 19.5 Å². The predicted octanol–water partition coefficient (Wildman–Crippen LogP) is 2.75. The summed E-state index contributed by atoms with van der Waals surface area (Å²) in [5.41, 5.74) is 1.07. The van der Waals surface area contributed by atoms with Gasteiger partial charge in [0, 0.05) is 36.9 Å². The molecule has 0 fully saturated rings. The molecule has 24 heavy (non-hydrogen) atoms. The van der Waals surface area contributed by atoms with Crippen molar-refractivity contribution >= 4 is 17.3 Å². The van der Waals surface area contributed by atoms with Gasteiger partial charge in [-0.1, -0.05) is 19.9 Å². The largest absolute Gasteiger partial charge is 0.478 e. The Morgan fingerprint density at radius 1 is 1.17 bits per heavy atom. The minimum Gasteiger partial charge on any atom is -0.478 e. The predicted molar refractivity (Wildman–Crippen MR) is 98.6 cm³/mol. The number of hydrogen-bond donors (Lipinski definition) is 2. The lowest BCUT2D eigenvalue weighted by Gasteiger charge is -2.11. The van der Waals surface area contributed by atoms with Crippen molar-refractivity contribution in [2.75, 3.05) is 13.7 Å². The van der Waals surface area contributed by atoms with Crippen molar-refractivity contribution in [1.29, 1.82) is 0 Å². The van der Waals surface area contributed by atoms with E-state index in [9.17, 15) is 0 Å². The van der Waals surface area contributed by atoms with Crippen molar-refractivity contribution < 1.29 is 4.74 Å². The Morgan fingerprint density at radius 3 is 2.62 bits per heavy atom. The summed E-state index contributed by atoms with van der Waals surface area (Å²) in [4.78, 5) is 14.2. The number of guanidine groups is 1. The maximum absolute atomic E-state index is 5.48. The number of nitrogens with one attached hydrogen (secondary N) is 2. The summed E-state index contributed by atoms with van der Waals surface area (Å²) in [5.74, 6) is 1.41. The van der Waals surface area contributed by atoms with Gasteiger partial charge in [0.25, 0.3) is 0 Å². The number of thiazole rings is 1. The molecule has 0 bridgehead atoms. The first-order chi connectivity index (χ1) is 11.7. The van der Waals surface area contributed by atoms with Crippen molar-refractivity contribution in [3.63, 3.8) is 0 Å². The number of aromatic nitrogens is 2. The van der Waals surface area contributed by atoms with Gasteiger partial charge in [-0.25, -0.2) is 9.97 Å². The van der Waals surface area contributed by atoms with Crippen LogP contribution in [0, 0.1) is 0 Å². The highest BCUT2D eigenvalue weighted by Crippen LogP contribution is 2.12. The molecule has 0 aromatic carbocycles. The first-order valence-electron chi connectivity index (χ1n) is 8.21. The summed E-state index contributed by atoms with van der Waals surface area (Å²) in [6.07, 6.45) is 5.76. The summed E-state index contributed by atoms with van der Waals surface area (Å²) < 4.78 is 5.48. The van der Waals surface area contributed by atoms with E-state index in [1.807, 2.05) is 24.5 Å². The molecule has 0 amide bonds. The van der Waals surface area contributed by atoms with Crippen LogP contribution in [0.25, 0.3) is 0 Å². The van der Waals surface area contributed by atoms with E-state index in [0.29, 0.717) is 25.6 Å². The third kappa shape index (κ3) is 5.81. The Morgan fingerprint density at radius 2 is 2.00 bits per heavy atom. The van der Waals surface area contributed by atoms with Gasteiger partial charge >= 0.3 is 0 Å². The molecule has 0 aliphatic rings. The van der Waals surface area contributed by atoms with Crippen molar-refractivity contribution in [3.8, 4) is 5.88 Å². The van der Waals surface area contributed by atoms with Crippen LogP contribution < -0.4 is 15.4 Å². The van der Waals surface area contributed by atoms with Gasteiger partial charge in [-0.15, -0.1) is 11.3 Å². The van der Waals surface area contributed by atoms with Crippen molar-refractivity contribution in [2.45, 2.75) is 39.8 Å². The Balaban J connectivity index is 1.78.